The van der Waals surface area contributed by atoms with Crippen LogP contribution in [-0.2, 0) is 9.59 Å². The smallest absolute Gasteiger partial charge is 0.246 e. The molecule has 0 spiro atoms. The summed E-state index contributed by atoms with van der Waals surface area (Å²) in [6, 6.07) is 7.75. The summed E-state index contributed by atoms with van der Waals surface area (Å²) in [5.41, 5.74) is 2.00. The van der Waals surface area contributed by atoms with Crippen molar-refractivity contribution in [3.05, 3.63) is 24.3 Å². The van der Waals surface area contributed by atoms with Gasteiger partial charge in [0.05, 0.1) is 16.9 Å². The molecule has 2 aromatic rings. The minimum atomic E-state index is -0.286. The summed E-state index contributed by atoms with van der Waals surface area (Å²) in [6.45, 7) is 3.03. The molecule has 3 heterocycles. The van der Waals surface area contributed by atoms with Gasteiger partial charge < -0.3 is 19.7 Å². The Hall–Kier alpha value is -2.22. The standard InChI is InChI=1S/C21H27N5O2S/c27-19(15-5-3-6-15)26-14-29-13-18(26)20(28)24-9-4-10-25(12-11-24)21-22-16-7-1-2-8-17(16)23-21/h1-2,7-8,15,18H,3-6,9-14H2,(H,22,23). The molecule has 1 aromatic carbocycles. The zero-order valence-corrected chi connectivity index (χ0v) is 17.4. The number of carbonyl (C=O) groups is 2. The molecule has 1 N–H and O–H groups in total. The first-order chi connectivity index (χ1) is 14.2. The number of hydrogen-bond acceptors (Lipinski definition) is 5. The molecule has 29 heavy (non-hydrogen) atoms. The van der Waals surface area contributed by atoms with E-state index >= 15 is 0 Å². The fourth-order valence-corrected chi connectivity index (χ4v) is 5.56. The van der Waals surface area contributed by atoms with Crippen LogP contribution in [0.3, 0.4) is 0 Å². The van der Waals surface area contributed by atoms with Gasteiger partial charge in [0.15, 0.2) is 0 Å². The number of H-pyrrole nitrogens is 1. The fourth-order valence-electron chi connectivity index (χ4n) is 4.40. The van der Waals surface area contributed by atoms with Gasteiger partial charge in [-0.3, -0.25) is 9.59 Å². The number of rotatable bonds is 3. The molecule has 1 aromatic heterocycles. The number of amides is 2. The number of anilines is 1. The number of nitrogens with one attached hydrogen (secondary N) is 1. The summed E-state index contributed by atoms with van der Waals surface area (Å²) in [5.74, 6) is 2.72. The average Bonchev–Trinajstić information content (AvgIpc) is 3.27. The number of imidazole rings is 1. The van der Waals surface area contributed by atoms with Crippen LogP contribution in [0.5, 0.6) is 0 Å². The van der Waals surface area contributed by atoms with Crippen molar-refractivity contribution in [3.63, 3.8) is 0 Å². The highest BCUT2D eigenvalue weighted by molar-refractivity contribution is 7.99. The molecule has 1 saturated carbocycles. The van der Waals surface area contributed by atoms with Gasteiger partial charge in [-0.05, 0) is 31.4 Å². The lowest BCUT2D eigenvalue weighted by Crippen LogP contribution is -2.51. The average molecular weight is 414 g/mol. The molecule has 3 fully saturated rings. The molecule has 7 nitrogen and oxygen atoms in total. The number of fused-ring (bicyclic) bond motifs is 1. The van der Waals surface area contributed by atoms with Gasteiger partial charge >= 0.3 is 0 Å². The van der Waals surface area contributed by atoms with Gasteiger partial charge in [-0.25, -0.2) is 4.98 Å². The van der Waals surface area contributed by atoms with E-state index in [0.29, 0.717) is 12.4 Å². The van der Waals surface area contributed by atoms with Crippen molar-refractivity contribution in [2.45, 2.75) is 31.7 Å². The third-order valence-corrected chi connectivity index (χ3v) is 7.40. The van der Waals surface area contributed by atoms with Crippen LogP contribution < -0.4 is 4.90 Å². The molecule has 2 amide bonds. The van der Waals surface area contributed by atoms with Crippen LogP contribution in [0.15, 0.2) is 24.3 Å². The Morgan fingerprint density at radius 2 is 1.90 bits per heavy atom. The maximum absolute atomic E-state index is 13.3. The third kappa shape index (κ3) is 3.58. The van der Waals surface area contributed by atoms with Gasteiger partial charge in [-0.1, -0.05) is 18.6 Å². The Bertz CT molecular complexity index is 878. The maximum Gasteiger partial charge on any atom is 0.246 e. The van der Waals surface area contributed by atoms with Crippen LogP contribution >= 0.6 is 11.8 Å². The lowest BCUT2D eigenvalue weighted by molar-refractivity contribution is -0.147. The van der Waals surface area contributed by atoms with Crippen molar-refractivity contribution in [1.29, 1.82) is 0 Å². The number of benzene rings is 1. The molecule has 2 saturated heterocycles. The SMILES string of the molecule is O=C(C1CSCN1C(=O)C1CCC1)N1CCCN(c2nc3ccccc3[nH]2)CC1. The topological polar surface area (TPSA) is 72.5 Å². The normalized spacial score (nSPS) is 23.3. The third-order valence-electron chi connectivity index (χ3n) is 6.39. The minimum absolute atomic E-state index is 0.120. The van der Waals surface area contributed by atoms with Crippen molar-refractivity contribution in [2.75, 3.05) is 42.7 Å². The van der Waals surface area contributed by atoms with Gasteiger partial charge in [0.25, 0.3) is 0 Å². The molecular weight excluding hydrogens is 386 g/mol. The molecule has 0 bridgehead atoms. The number of aromatic nitrogens is 2. The Morgan fingerprint density at radius 1 is 1.03 bits per heavy atom. The van der Waals surface area contributed by atoms with E-state index < -0.39 is 0 Å². The molecule has 1 unspecified atom stereocenters. The van der Waals surface area contributed by atoms with E-state index in [2.05, 4.69) is 9.88 Å². The number of para-hydroxylation sites is 2. The van der Waals surface area contributed by atoms with Crippen LogP contribution in [0, 0.1) is 5.92 Å². The van der Waals surface area contributed by atoms with Crippen molar-refractivity contribution in [3.8, 4) is 0 Å². The molecule has 0 radical (unpaired) electrons. The summed E-state index contributed by atoms with van der Waals surface area (Å²) < 4.78 is 0. The lowest BCUT2D eigenvalue weighted by atomic mass is 9.84. The van der Waals surface area contributed by atoms with E-state index in [4.69, 9.17) is 4.98 Å². The van der Waals surface area contributed by atoms with Gasteiger partial charge in [-0.15, -0.1) is 11.8 Å². The quantitative estimate of drug-likeness (QED) is 0.836. The van der Waals surface area contributed by atoms with E-state index in [1.54, 1.807) is 11.8 Å². The van der Waals surface area contributed by atoms with Crippen molar-refractivity contribution in [1.82, 2.24) is 19.8 Å². The predicted octanol–water partition coefficient (Wildman–Crippen LogP) is 2.30. The number of hydrogen-bond donors (Lipinski definition) is 1. The Labute approximate surface area is 174 Å². The largest absolute Gasteiger partial charge is 0.341 e. The molecule has 1 aliphatic carbocycles. The summed E-state index contributed by atoms with van der Waals surface area (Å²) >= 11 is 1.70. The first kappa shape index (κ1) is 18.8. The first-order valence-electron chi connectivity index (χ1n) is 10.6. The number of carbonyl (C=O) groups excluding carboxylic acids is 2. The fraction of sp³-hybridized carbons (Fsp3) is 0.571. The number of nitrogens with zero attached hydrogens (tertiary/aromatic N) is 4. The van der Waals surface area contributed by atoms with E-state index in [9.17, 15) is 9.59 Å². The van der Waals surface area contributed by atoms with E-state index in [1.807, 2.05) is 34.1 Å². The van der Waals surface area contributed by atoms with Crippen molar-refractivity contribution >= 4 is 40.6 Å². The summed E-state index contributed by atoms with van der Waals surface area (Å²) in [7, 11) is 0. The second kappa shape index (κ2) is 7.89. The molecule has 1 atom stereocenters. The lowest BCUT2D eigenvalue weighted by Gasteiger charge is -2.33. The van der Waals surface area contributed by atoms with Crippen molar-refractivity contribution < 1.29 is 9.59 Å². The molecule has 154 valence electrons. The molecule has 8 heteroatoms. The molecular formula is C21H27N5O2S. The molecule has 2 aliphatic heterocycles. The Morgan fingerprint density at radius 3 is 2.69 bits per heavy atom. The maximum atomic E-state index is 13.3. The van der Waals surface area contributed by atoms with Gasteiger partial charge in [0.1, 0.15) is 6.04 Å². The predicted molar refractivity (Wildman–Crippen MR) is 115 cm³/mol. The zero-order chi connectivity index (χ0) is 19.8. The highest BCUT2D eigenvalue weighted by atomic mass is 32.2. The zero-order valence-electron chi connectivity index (χ0n) is 16.5. The van der Waals surface area contributed by atoms with Crippen LogP contribution in [0.4, 0.5) is 5.95 Å². The van der Waals surface area contributed by atoms with E-state index in [-0.39, 0.29) is 23.8 Å². The minimum Gasteiger partial charge on any atom is -0.341 e. The highest BCUT2D eigenvalue weighted by Gasteiger charge is 2.41. The number of thioether (sulfide) groups is 1. The van der Waals surface area contributed by atoms with Crippen LogP contribution in [0.25, 0.3) is 11.0 Å². The summed E-state index contributed by atoms with van der Waals surface area (Å²) in [4.78, 5) is 40.1. The number of aromatic amines is 1. The Kier molecular flexibility index (Phi) is 5.11. The highest BCUT2D eigenvalue weighted by Crippen LogP contribution is 2.32. The molecule has 5 rings (SSSR count). The van der Waals surface area contributed by atoms with Crippen molar-refractivity contribution in [2.24, 2.45) is 5.92 Å². The monoisotopic (exact) mass is 413 g/mol. The van der Waals surface area contributed by atoms with E-state index in [0.717, 1.165) is 68.1 Å². The molecule has 3 aliphatic rings. The second-order valence-electron chi connectivity index (χ2n) is 8.19. The van der Waals surface area contributed by atoms with Crippen LogP contribution in [-0.4, -0.2) is 75.4 Å². The van der Waals surface area contributed by atoms with Crippen LogP contribution in [0.2, 0.25) is 0 Å². The second-order valence-corrected chi connectivity index (χ2v) is 9.19. The van der Waals surface area contributed by atoms with Crippen LogP contribution in [0.1, 0.15) is 25.7 Å². The van der Waals surface area contributed by atoms with Gasteiger partial charge in [0, 0.05) is 37.8 Å². The first-order valence-corrected chi connectivity index (χ1v) is 11.7. The summed E-state index contributed by atoms with van der Waals surface area (Å²) in [5, 5.41) is 0. The van der Waals surface area contributed by atoms with Gasteiger partial charge in [0.2, 0.25) is 17.8 Å². The van der Waals surface area contributed by atoms with Gasteiger partial charge in [-0.2, -0.15) is 0 Å². The summed E-state index contributed by atoms with van der Waals surface area (Å²) in [6.07, 6.45) is 4.01. The Balaban J connectivity index is 1.25. The van der Waals surface area contributed by atoms with E-state index in [1.165, 1.54) is 0 Å².